The number of allylic oxidation sites excluding steroid dienone is 1. The van der Waals surface area contributed by atoms with Crippen LogP contribution in [0.1, 0.15) is 88.0 Å². The fourth-order valence-corrected chi connectivity index (χ4v) is 3.87. The minimum absolute atomic E-state index is 0. The van der Waals surface area contributed by atoms with E-state index >= 15 is 0 Å². The lowest BCUT2D eigenvalue weighted by Crippen LogP contribution is -1.94. The summed E-state index contributed by atoms with van der Waals surface area (Å²) in [7, 11) is 0. The first-order valence-electron chi connectivity index (χ1n) is 11.7. The molecule has 1 aliphatic rings. The molecule has 0 fully saturated rings. The van der Waals surface area contributed by atoms with Gasteiger partial charge in [-0.25, -0.2) is 4.99 Å². The molecule has 3 heterocycles. The SMILES string of the molecule is CCCCCCCCCCc1ccc(C=C2N=C(c3ccc(C)[nH]3)C=C2OCC)[nH]1.Cl. The van der Waals surface area contributed by atoms with Crippen LogP contribution in [0, 0.1) is 6.92 Å². The number of ether oxygens (including phenoxy) is 1. The van der Waals surface area contributed by atoms with Crippen LogP contribution in [-0.2, 0) is 11.2 Å². The van der Waals surface area contributed by atoms with E-state index in [4.69, 9.17) is 9.73 Å². The summed E-state index contributed by atoms with van der Waals surface area (Å²) >= 11 is 0. The number of aliphatic imine (C=N–C) groups is 1. The third kappa shape index (κ3) is 7.77. The predicted octanol–water partition coefficient (Wildman–Crippen LogP) is 7.52. The summed E-state index contributed by atoms with van der Waals surface area (Å²) < 4.78 is 5.83. The van der Waals surface area contributed by atoms with E-state index in [0.29, 0.717) is 6.61 Å². The zero-order chi connectivity index (χ0) is 21.2. The molecule has 1 aliphatic heterocycles. The Bertz CT molecular complexity index is 888. The standard InChI is InChI=1S/C26H37N3O.ClH/c1-4-6-7-8-9-10-11-12-13-21-15-16-22(28-21)18-25-26(30-5-2)19-24(29-25)23-17-14-20(3)27-23;/h14-19,27-28H,4-13H2,1-3H3;1H. The number of aromatic amines is 2. The fraction of sp³-hybridized carbons (Fsp3) is 0.500. The van der Waals surface area contributed by atoms with Crippen molar-refractivity contribution in [2.45, 2.75) is 78.6 Å². The van der Waals surface area contributed by atoms with Gasteiger partial charge in [0.2, 0.25) is 0 Å². The van der Waals surface area contributed by atoms with Crippen molar-refractivity contribution in [3.63, 3.8) is 0 Å². The molecule has 0 bridgehead atoms. The van der Waals surface area contributed by atoms with Gasteiger partial charge in [-0.3, -0.25) is 0 Å². The highest BCUT2D eigenvalue weighted by atomic mass is 35.5. The van der Waals surface area contributed by atoms with Crippen molar-refractivity contribution in [1.29, 1.82) is 0 Å². The number of nitrogens with zero attached hydrogens (tertiary/aromatic N) is 1. The quantitative estimate of drug-likeness (QED) is 0.309. The molecule has 2 N–H and O–H groups in total. The summed E-state index contributed by atoms with van der Waals surface area (Å²) in [5.74, 6) is 0.832. The van der Waals surface area contributed by atoms with Crippen LogP contribution < -0.4 is 0 Å². The molecule has 5 heteroatoms. The van der Waals surface area contributed by atoms with Gasteiger partial charge in [0.05, 0.1) is 18.0 Å². The Morgan fingerprint density at radius 1 is 0.903 bits per heavy atom. The highest BCUT2D eigenvalue weighted by Crippen LogP contribution is 2.25. The molecule has 4 nitrogen and oxygen atoms in total. The molecule has 0 unspecified atom stereocenters. The molecule has 0 amide bonds. The molecule has 31 heavy (non-hydrogen) atoms. The van der Waals surface area contributed by atoms with Gasteiger partial charge in [0, 0.05) is 23.2 Å². The molecular formula is C26H38ClN3O. The number of rotatable bonds is 13. The van der Waals surface area contributed by atoms with Gasteiger partial charge in [-0.15, -0.1) is 12.4 Å². The summed E-state index contributed by atoms with van der Waals surface area (Å²) in [6.45, 7) is 6.96. The summed E-state index contributed by atoms with van der Waals surface area (Å²) in [5, 5.41) is 0. The Kier molecular flexibility index (Phi) is 10.7. The van der Waals surface area contributed by atoms with Gasteiger partial charge in [0.1, 0.15) is 11.5 Å². The lowest BCUT2D eigenvalue weighted by atomic mass is 10.1. The van der Waals surface area contributed by atoms with Crippen molar-refractivity contribution in [2.75, 3.05) is 6.61 Å². The Labute approximate surface area is 193 Å². The van der Waals surface area contributed by atoms with E-state index in [0.717, 1.165) is 40.7 Å². The summed E-state index contributed by atoms with van der Waals surface area (Å²) in [5.41, 5.74) is 6.33. The second-order valence-corrected chi connectivity index (χ2v) is 8.19. The normalized spacial score (nSPS) is 14.5. The molecule has 0 aromatic carbocycles. The summed E-state index contributed by atoms with van der Waals surface area (Å²) in [4.78, 5) is 11.7. The van der Waals surface area contributed by atoms with Gasteiger partial charge in [-0.1, -0.05) is 51.9 Å². The molecular weight excluding hydrogens is 406 g/mol. The Morgan fingerprint density at radius 2 is 1.65 bits per heavy atom. The van der Waals surface area contributed by atoms with Crippen molar-refractivity contribution in [1.82, 2.24) is 9.97 Å². The largest absolute Gasteiger partial charge is 0.492 e. The number of unbranched alkanes of at least 4 members (excludes halogenated alkanes) is 7. The zero-order valence-electron chi connectivity index (χ0n) is 19.3. The van der Waals surface area contributed by atoms with Crippen molar-refractivity contribution in [3.05, 3.63) is 64.6 Å². The predicted molar refractivity (Wildman–Crippen MR) is 134 cm³/mol. The first-order chi connectivity index (χ1) is 14.7. The van der Waals surface area contributed by atoms with Crippen LogP contribution in [0.25, 0.3) is 6.08 Å². The lowest BCUT2D eigenvalue weighted by molar-refractivity contribution is 0.239. The van der Waals surface area contributed by atoms with Crippen LogP contribution >= 0.6 is 12.4 Å². The fourth-order valence-electron chi connectivity index (χ4n) is 3.87. The maximum atomic E-state index is 5.83. The van der Waals surface area contributed by atoms with E-state index in [1.807, 2.05) is 13.0 Å². The van der Waals surface area contributed by atoms with Gasteiger partial charge in [0.25, 0.3) is 0 Å². The van der Waals surface area contributed by atoms with Crippen LogP contribution in [0.5, 0.6) is 0 Å². The van der Waals surface area contributed by atoms with E-state index in [1.165, 1.54) is 57.1 Å². The van der Waals surface area contributed by atoms with E-state index in [-0.39, 0.29) is 12.4 Å². The van der Waals surface area contributed by atoms with E-state index in [2.05, 4.69) is 54.2 Å². The van der Waals surface area contributed by atoms with E-state index < -0.39 is 0 Å². The smallest absolute Gasteiger partial charge is 0.147 e. The van der Waals surface area contributed by atoms with Gasteiger partial charge in [-0.2, -0.15) is 0 Å². The highest BCUT2D eigenvalue weighted by molar-refractivity contribution is 6.11. The monoisotopic (exact) mass is 443 g/mol. The number of H-pyrrole nitrogens is 2. The Morgan fingerprint density at radius 3 is 2.32 bits per heavy atom. The third-order valence-corrected chi connectivity index (χ3v) is 5.53. The van der Waals surface area contributed by atoms with Crippen LogP contribution in [0.2, 0.25) is 0 Å². The van der Waals surface area contributed by atoms with Gasteiger partial charge in [0.15, 0.2) is 0 Å². The van der Waals surface area contributed by atoms with Gasteiger partial charge < -0.3 is 14.7 Å². The third-order valence-electron chi connectivity index (χ3n) is 5.53. The van der Waals surface area contributed by atoms with Crippen molar-refractivity contribution in [2.24, 2.45) is 4.99 Å². The Hall–Kier alpha value is -2.20. The second kappa shape index (κ2) is 13.3. The summed E-state index contributed by atoms with van der Waals surface area (Å²) in [6.07, 6.45) is 16.0. The molecule has 0 aliphatic carbocycles. The first-order valence-corrected chi connectivity index (χ1v) is 11.7. The molecule has 2 aromatic rings. The lowest BCUT2D eigenvalue weighted by Gasteiger charge is -2.04. The molecule has 0 saturated heterocycles. The number of hydrogen-bond donors (Lipinski definition) is 2. The number of aryl methyl sites for hydroxylation is 2. The second-order valence-electron chi connectivity index (χ2n) is 8.19. The van der Waals surface area contributed by atoms with Crippen LogP contribution in [0.15, 0.2) is 46.8 Å². The van der Waals surface area contributed by atoms with Crippen LogP contribution in [-0.4, -0.2) is 22.3 Å². The molecule has 2 aromatic heterocycles. The van der Waals surface area contributed by atoms with Crippen LogP contribution in [0.3, 0.4) is 0 Å². The Balaban J connectivity index is 0.00000341. The van der Waals surface area contributed by atoms with E-state index in [1.54, 1.807) is 0 Å². The van der Waals surface area contributed by atoms with Gasteiger partial charge >= 0.3 is 0 Å². The minimum Gasteiger partial charge on any atom is -0.492 e. The average Bonchev–Trinajstić information content (AvgIpc) is 3.46. The highest BCUT2D eigenvalue weighted by Gasteiger charge is 2.18. The van der Waals surface area contributed by atoms with Crippen molar-refractivity contribution >= 4 is 24.2 Å². The first kappa shape index (κ1) is 25.1. The van der Waals surface area contributed by atoms with Gasteiger partial charge in [-0.05, 0) is 57.0 Å². The van der Waals surface area contributed by atoms with Crippen LogP contribution in [0.4, 0.5) is 0 Å². The maximum Gasteiger partial charge on any atom is 0.147 e. The minimum atomic E-state index is 0. The number of hydrogen-bond acceptors (Lipinski definition) is 2. The van der Waals surface area contributed by atoms with Crippen molar-refractivity contribution < 1.29 is 4.74 Å². The molecule has 170 valence electrons. The number of halogens is 1. The molecule has 3 rings (SSSR count). The zero-order valence-corrected chi connectivity index (χ0v) is 20.1. The molecule has 0 spiro atoms. The number of nitrogens with one attached hydrogen (secondary N) is 2. The summed E-state index contributed by atoms with van der Waals surface area (Å²) in [6, 6.07) is 8.47. The maximum absolute atomic E-state index is 5.83. The molecule has 0 radical (unpaired) electrons. The topological polar surface area (TPSA) is 53.2 Å². The molecule has 0 saturated carbocycles. The average molecular weight is 444 g/mol. The van der Waals surface area contributed by atoms with Crippen molar-refractivity contribution in [3.8, 4) is 0 Å². The van der Waals surface area contributed by atoms with E-state index in [9.17, 15) is 0 Å². The molecule has 0 atom stereocenters. The number of aromatic nitrogens is 2.